The number of pyridine rings is 2. The molecule has 3 rings (SSSR count). The second kappa shape index (κ2) is 5.15. The first-order chi connectivity index (χ1) is 9.22. The van der Waals surface area contributed by atoms with Gasteiger partial charge in [-0.2, -0.15) is 0 Å². The summed E-state index contributed by atoms with van der Waals surface area (Å²) in [4.78, 5) is 15.7. The number of aryl methyl sites for hydroxylation is 2. The Balaban J connectivity index is 1.82. The minimum atomic E-state index is 0.279. The summed E-state index contributed by atoms with van der Waals surface area (Å²) in [5, 5.41) is 0.708. The van der Waals surface area contributed by atoms with E-state index in [2.05, 4.69) is 19.9 Å². The van der Waals surface area contributed by atoms with Crippen LogP contribution in [0.2, 0.25) is 10.2 Å². The number of fused-ring (bicyclic) bond motifs is 1. The fourth-order valence-electron chi connectivity index (χ4n) is 1.88. The Kier molecular flexibility index (Phi) is 3.36. The zero-order valence-electron chi connectivity index (χ0n) is 9.90. The van der Waals surface area contributed by atoms with Crippen molar-refractivity contribution in [3.05, 3.63) is 52.2 Å². The molecule has 3 aromatic heterocycles. The molecule has 0 aliphatic heterocycles. The van der Waals surface area contributed by atoms with Gasteiger partial charge in [-0.15, -0.1) is 0 Å². The van der Waals surface area contributed by atoms with Crippen molar-refractivity contribution in [3.63, 3.8) is 0 Å². The molecule has 0 radical (unpaired) electrons. The number of halogens is 2. The molecule has 96 valence electrons. The van der Waals surface area contributed by atoms with Gasteiger partial charge in [0.25, 0.3) is 0 Å². The molecule has 0 atom stereocenters. The molecule has 0 bridgehead atoms. The van der Waals surface area contributed by atoms with Gasteiger partial charge >= 0.3 is 0 Å². The molecule has 0 amide bonds. The van der Waals surface area contributed by atoms with Crippen LogP contribution in [-0.4, -0.2) is 19.9 Å². The summed E-state index contributed by atoms with van der Waals surface area (Å²) in [5.41, 5.74) is 2.62. The Hall–Kier alpha value is -1.65. The predicted molar refractivity (Wildman–Crippen MR) is 75.6 cm³/mol. The molecule has 0 aromatic carbocycles. The van der Waals surface area contributed by atoms with Crippen LogP contribution in [0.3, 0.4) is 0 Å². The molecule has 19 heavy (non-hydrogen) atoms. The summed E-state index contributed by atoms with van der Waals surface area (Å²) in [5.74, 6) is 0.873. The van der Waals surface area contributed by atoms with E-state index in [9.17, 15) is 0 Å². The molecule has 3 heterocycles. The molecule has 0 fully saturated rings. The lowest BCUT2D eigenvalue weighted by molar-refractivity contribution is 0.886. The van der Waals surface area contributed by atoms with E-state index in [-0.39, 0.29) is 5.15 Å². The summed E-state index contributed by atoms with van der Waals surface area (Å²) >= 11 is 11.8. The van der Waals surface area contributed by atoms with E-state index in [1.807, 2.05) is 12.1 Å². The summed E-state index contributed by atoms with van der Waals surface area (Å²) in [6.07, 6.45) is 5.27. The lowest BCUT2D eigenvalue weighted by Gasteiger charge is -1.97. The highest BCUT2D eigenvalue weighted by atomic mass is 35.5. The molecule has 4 nitrogen and oxygen atoms in total. The van der Waals surface area contributed by atoms with Crippen LogP contribution in [-0.2, 0) is 12.8 Å². The van der Waals surface area contributed by atoms with Crippen molar-refractivity contribution in [2.24, 2.45) is 0 Å². The molecule has 0 aliphatic rings. The fourth-order valence-corrected chi connectivity index (χ4v) is 2.16. The first-order valence-electron chi connectivity index (χ1n) is 5.82. The quantitative estimate of drug-likeness (QED) is 0.752. The van der Waals surface area contributed by atoms with Crippen LogP contribution in [0.4, 0.5) is 0 Å². The van der Waals surface area contributed by atoms with Gasteiger partial charge in [0, 0.05) is 18.8 Å². The standard InChI is InChI=1S/C13H10Cl2N4/c14-9-7-10-13(19-12(9)15)18-11(17-10)2-1-8-3-5-16-6-4-8/h3-7H,1-2H2,(H,17,18,19). The minimum Gasteiger partial charge on any atom is -0.341 e. The van der Waals surface area contributed by atoms with Crippen LogP contribution in [0.5, 0.6) is 0 Å². The fraction of sp³-hybridized carbons (Fsp3) is 0.154. The molecule has 0 saturated heterocycles. The van der Waals surface area contributed by atoms with Gasteiger partial charge < -0.3 is 4.98 Å². The van der Waals surface area contributed by atoms with Crippen molar-refractivity contribution in [3.8, 4) is 0 Å². The van der Waals surface area contributed by atoms with Crippen LogP contribution in [0.15, 0.2) is 30.6 Å². The first kappa shape index (κ1) is 12.4. The predicted octanol–water partition coefficient (Wildman–Crippen LogP) is 3.44. The maximum absolute atomic E-state index is 5.92. The van der Waals surface area contributed by atoms with Crippen LogP contribution in [0, 0.1) is 0 Å². The van der Waals surface area contributed by atoms with Crippen LogP contribution < -0.4 is 0 Å². The Bertz CT molecular complexity index is 670. The van der Waals surface area contributed by atoms with Crippen LogP contribution in [0.1, 0.15) is 11.4 Å². The van der Waals surface area contributed by atoms with Crippen molar-refractivity contribution in [2.45, 2.75) is 12.8 Å². The Morgan fingerprint density at radius 1 is 1.05 bits per heavy atom. The van der Waals surface area contributed by atoms with Crippen LogP contribution in [0.25, 0.3) is 11.2 Å². The Morgan fingerprint density at radius 3 is 2.63 bits per heavy atom. The largest absolute Gasteiger partial charge is 0.341 e. The zero-order valence-corrected chi connectivity index (χ0v) is 11.4. The lowest BCUT2D eigenvalue weighted by Crippen LogP contribution is -1.93. The number of H-pyrrole nitrogens is 1. The maximum atomic E-state index is 5.92. The first-order valence-corrected chi connectivity index (χ1v) is 6.57. The molecule has 3 aromatic rings. The van der Waals surface area contributed by atoms with E-state index in [0.717, 1.165) is 24.2 Å². The van der Waals surface area contributed by atoms with Gasteiger partial charge in [-0.3, -0.25) is 4.98 Å². The third-order valence-electron chi connectivity index (χ3n) is 2.83. The van der Waals surface area contributed by atoms with Gasteiger partial charge in [0.1, 0.15) is 11.0 Å². The smallest absolute Gasteiger partial charge is 0.179 e. The lowest BCUT2D eigenvalue weighted by atomic mass is 10.1. The number of aromatic nitrogens is 4. The topological polar surface area (TPSA) is 54.5 Å². The van der Waals surface area contributed by atoms with Gasteiger partial charge in [0.2, 0.25) is 0 Å². The molecular weight excluding hydrogens is 283 g/mol. The summed E-state index contributed by atoms with van der Waals surface area (Å²) < 4.78 is 0. The normalized spacial score (nSPS) is 11.1. The molecule has 0 aliphatic carbocycles. The molecule has 0 spiro atoms. The number of hydrogen-bond acceptors (Lipinski definition) is 3. The summed E-state index contributed by atoms with van der Waals surface area (Å²) in [6, 6.07) is 5.73. The summed E-state index contributed by atoms with van der Waals surface area (Å²) in [6.45, 7) is 0. The SMILES string of the molecule is Clc1cc2[nH]c(CCc3ccncc3)nc2nc1Cl. The van der Waals surface area contributed by atoms with E-state index < -0.39 is 0 Å². The Morgan fingerprint density at radius 2 is 1.84 bits per heavy atom. The van der Waals surface area contributed by atoms with E-state index in [1.54, 1.807) is 18.5 Å². The number of hydrogen-bond donors (Lipinski definition) is 1. The van der Waals surface area contributed by atoms with Crippen molar-refractivity contribution in [2.75, 3.05) is 0 Å². The third-order valence-corrected chi connectivity index (χ3v) is 3.51. The highest BCUT2D eigenvalue weighted by Gasteiger charge is 2.08. The molecule has 1 N–H and O–H groups in total. The molecule has 0 unspecified atom stereocenters. The zero-order chi connectivity index (χ0) is 13.2. The van der Waals surface area contributed by atoms with Gasteiger partial charge in [-0.1, -0.05) is 23.2 Å². The highest BCUT2D eigenvalue weighted by molar-refractivity contribution is 6.41. The van der Waals surface area contributed by atoms with Crippen molar-refractivity contribution < 1.29 is 0 Å². The van der Waals surface area contributed by atoms with Crippen molar-refractivity contribution in [1.29, 1.82) is 0 Å². The molecule has 6 heteroatoms. The third kappa shape index (κ3) is 2.69. The number of aromatic amines is 1. The van der Waals surface area contributed by atoms with Gasteiger partial charge in [-0.25, -0.2) is 9.97 Å². The van der Waals surface area contributed by atoms with Crippen LogP contribution >= 0.6 is 23.2 Å². The number of nitrogens with one attached hydrogen (secondary N) is 1. The monoisotopic (exact) mass is 292 g/mol. The molecular formula is C13H10Cl2N4. The molecule has 0 saturated carbocycles. The average molecular weight is 293 g/mol. The number of rotatable bonds is 3. The number of imidazole rings is 1. The van der Waals surface area contributed by atoms with Crippen molar-refractivity contribution >= 4 is 34.4 Å². The maximum Gasteiger partial charge on any atom is 0.179 e. The van der Waals surface area contributed by atoms with Gasteiger partial charge in [-0.05, 0) is 30.2 Å². The minimum absolute atomic E-state index is 0.279. The van der Waals surface area contributed by atoms with E-state index in [0.29, 0.717) is 10.7 Å². The average Bonchev–Trinajstić information content (AvgIpc) is 2.80. The second-order valence-corrected chi connectivity index (χ2v) is 4.94. The van der Waals surface area contributed by atoms with E-state index >= 15 is 0 Å². The van der Waals surface area contributed by atoms with E-state index in [1.165, 1.54) is 5.56 Å². The van der Waals surface area contributed by atoms with Gasteiger partial charge in [0.05, 0.1) is 10.5 Å². The van der Waals surface area contributed by atoms with Crippen molar-refractivity contribution in [1.82, 2.24) is 19.9 Å². The highest BCUT2D eigenvalue weighted by Crippen LogP contribution is 2.23. The summed E-state index contributed by atoms with van der Waals surface area (Å²) in [7, 11) is 0. The Labute approximate surface area is 119 Å². The second-order valence-electron chi connectivity index (χ2n) is 4.17. The van der Waals surface area contributed by atoms with E-state index in [4.69, 9.17) is 23.2 Å². The van der Waals surface area contributed by atoms with Gasteiger partial charge in [0.15, 0.2) is 5.65 Å². The number of nitrogens with zero attached hydrogens (tertiary/aromatic N) is 3.